The Morgan fingerprint density at radius 2 is 1.85 bits per heavy atom. The summed E-state index contributed by atoms with van der Waals surface area (Å²) in [6.45, 7) is 2.06. The summed E-state index contributed by atoms with van der Waals surface area (Å²) in [4.78, 5) is 12.7. The summed E-state index contributed by atoms with van der Waals surface area (Å²) < 4.78 is 0. The van der Waals surface area contributed by atoms with Crippen molar-refractivity contribution in [3.05, 3.63) is 71.8 Å². The lowest BCUT2D eigenvalue weighted by Gasteiger charge is -2.34. The van der Waals surface area contributed by atoms with Gasteiger partial charge < -0.3 is 0 Å². The lowest BCUT2D eigenvalue weighted by molar-refractivity contribution is -0.126. The second-order valence-electron chi connectivity index (χ2n) is 6.08. The van der Waals surface area contributed by atoms with E-state index in [-0.39, 0.29) is 11.3 Å². The highest BCUT2D eigenvalue weighted by atomic mass is 16.1. The van der Waals surface area contributed by atoms with Crippen molar-refractivity contribution in [2.75, 3.05) is 0 Å². The summed E-state index contributed by atoms with van der Waals surface area (Å²) in [5.41, 5.74) is 2.14. The molecule has 2 aromatic rings. The van der Waals surface area contributed by atoms with E-state index in [0.29, 0.717) is 5.78 Å². The maximum absolute atomic E-state index is 12.7. The fraction of sp³-hybridized carbons (Fsp3) is 0.211. The number of carbonyl (C=O) groups is 1. The summed E-state index contributed by atoms with van der Waals surface area (Å²) >= 11 is 0. The quantitative estimate of drug-likeness (QED) is 0.694. The molecule has 0 heterocycles. The van der Waals surface area contributed by atoms with Crippen LogP contribution in [-0.4, -0.2) is 5.78 Å². The predicted octanol–water partition coefficient (Wildman–Crippen LogP) is 4.18. The van der Waals surface area contributed by atoms with Crippen LogP contribution in [0, 0.1) is 5.41 Å². The average molecular weight is 260 g/mol. The molecule has 0 fully saturated rings. The first-order valence-corrected chi connectivity index (χ1v) is 7.09. The molecule has 4 rings (SSSR count). The van der Waals surface area contributed by atoms with E-state index in [1.165, 1.54) is 21.9 Å². The normalized spacial score (nSPS) is 27.4. The van der Waals surface area contributed by atoms with Gasteiger partial charge >= 0.3 is 0 Å². The molecule has 0 amide bonds. The van der Waals surface area contributed by atoms with Crippen molar-refractivity contribution >= 4 is 16.6 Å². The molecule has 2 aliphatic carbocycles. The van der Waals surface area contributed by atoms with Crippen LogP contribution in [0.15, 0.2) is 60.7 Å². The minimum Gasteiger partial charge on any atom is -0.298 e. The predicted molar refractivity (Wildman–Crippen MR) is 81.8 cm³/mol. The first kappa shape index (κ1) is 11.7. The molecule has 2 atom stereocenters. The fourth-order valence-corrected chi connectivity index (χ4v) is 3.50. The Kier molecular flexibility index (Phi) is 2.29. The number of hydrogen-bond donors (Lipinski definition) is 0. The van der Waals surface area contributed by atoms with Crippen molar-refractivity contribution in [2.45, 2.75) is 19.3 Å². The van der Waals surface area contributed by atoms with Gasteiger partial charge in [0.25, 0.3) is 0 Å². The molecule has 0 aliphatic heterocycles. The Bertz CT molecular complexity index is 781. The Balaban J connectivity index is 2.02. The zero-order chi connectivity index (χ0) is 13.7. The highest BCUT2D eigenvalue weighted by molar-refractivity contribution is 5.98. The van der Waals surface area contributed by atoms with Crippen LogP contribution in [0.1, 0.15) is 24.0 Å². The highest BCUT2D eigenvalue weighted by Crippen LogP contribution is 2.43. The zero-order valence-electron chi connectivity index (χ0n) is 11.5. The topological polar surface area (TPSA) is 17.1 Å². The number of hydrogen-bond acceptors (Lipinski definition) is 1. The van der Waals surface area contributed by atoms with E-state index < -0.39 is 0 Å². The Morgan fingerprint density at radius 1 is 1.10 bits per heavy atom. The lowest BCUT2D eigenvalue weighted by Crippen LogP contribution is -2.36. The second-order valence-corrected chi connectivity index (χ2v) is 6.08. The van der Waals surface area contributed by atoms with Gasteiger partial charge in [0.2, 0.25) is 0 Å². The molecule has 2 aliphatic rings. The number of rotatable bonds is 0. The maximum atomic E-state index is 12.7. The molecule has 0 N–H and O–H groups in total. The highest BCUT2D eigenvalue weighted by Gasteiger charge is 2.41. The summed E-state index contributed by atoms with van der Waals surface area (Å²) in [6.07, 6.45) is 8.93. The van der Waals surface area contributed by atoms with Gasteiger partial charge in [-0.3, -0.25) is 4.79 Å². The van der Waals surface area contributed by atoms with Crippen molar-refractivity contribution in [3.63, 3.8) is 0 Å². The SMILES string of the molecule is CC12C=CC=CC(C1=O)c1cc3ccccc3cc1C2. The van der Waals surface area contributed by atoms with Crippen molar-refractivity contribution < 1.29 is 4.79 Å². The summed E-state index contributed by atoms with van der Waals surface area (Å²) in [6, 6.07) is 12.8. The number of allylic oxidation sites excluding steroid dienone is 4. The molecule has 1 nitrogen and oxygen atoms in total. The van der Waals surface area contributed by atoms with Gasteiger partial charge in [-0.25, -0.2) is 0 Å². The molecule has 0 saturated heterocycles. The molecule has 1 heteroatoms. The third-order valence-electron chi connectivity index (χ3n) is 4.62. The molecule has 2 bridgehead atoms. The van der Waals surface area contributed by atoms with Gasteiger partial charge in [-0.2, -0.15) is 0 Å². The standard InChI is InChI=1S/C19H16O/c1-19-9-5-4-8-16(18(19)20)17-11-14-7-3-2-6-13(14)10-15(17)12-19/h2-11,16H,12H2,1H3. The van der Waals surface area contributed by atoms with E-state index >= 15 is 0 Å². The third kappa shape index (κ3) is 1.53. The number of benzene rings is 2. The van der Waals surface area contributed by atoms with E-state index in [1.807, 2.05) is 24.3 Å². The third-order valence-corrected chi connectivity index (χ3v) is 4.62. The van der Waals surface area contributed by atoms with Crippen molar-refractivity contribution in [3.8, 4) is 0 Å². The van der Waals surface area contributed by atoms with Gasteiger partial charge in [-0.1, -0.05) is 54.6 Å². The Labute approximate surface area is 118 Å². The van der Waals surface area contributed by atoms with Crippen LogP contribution in [0.5, 0.6) is 0 Å². The minimum absolute atomic E-state index is 0.0941. The first-order valence-electron chi connectivity index (χ1n) is 7.09. The van der Waals surface area contributed by atoms with E-state index in [2.05, 4.69) is 43.3 Å². The molecule has 0 radical (unpaired) electrons. The van der Waals surface area contributed by atoms with Crippen LogP contribution >= 0.6 is 0 Å². The van der Waals surface area contributed by atoms with E-state index in [0.717, 1.165) is 6.42 Å². The van der Waals surface area contributed by atoms with E-state index in [1.54, 1.807) is 0 Å². The molecular formula is C19H16O. The first-order chi connectivity index (χ1) is 9.67. The monoisotopic (exact) mass is 260 g/mol. The number of ketones is 1. The van der Waals surface area contributed by atoms with Crippen LogP contribution in [0.25, 0.3) is 10.8 Å². The minimum atomic E-state index is -0.358. The average Bonchev–Trinajstić information content (AvgIpc) is 2.54. The van der Waals surface area contributed by atoms with Crippen molar-refractivity contribution in [2.24, 2.45) is 5.41 Å². The smallest absolute Gasteiger partial charge is 0.154 e. The van der Waals surface area contributed by atoms with Crippen LogP contribution in [-0.2, 0) is 11.2 Å². The van der Waals surface area contributed by atoms with E-state index in [9.17, 15) is 4.79 Å². The van der Waals surface area contributed by atoms with Crippen LogP contribution in [0.3, 0.4) is 0 Å². The van der Waals surface area contributed by atoms with Gasteiger partial charge in [0.1, 0.15) is 0 Å². The van der Waals surface area contributed by atoms with E-state index in [4.69, 9.17) is 0 Å². The number of fused-ring (bicyclic) bond motifs is 5. The van der Waals surface area contributed by atoms with Crippen LogP contribution in [0.4, 0.5) is 0 Å². The van der Waals surface area contributed by atoms with Gasteiger partial charge in [0, 0.05) is 5.41 Å². The largest absolute Gasteiger partial charge is 0.298 e. The number of Topliss-reactive ketones (excluding diaryl/α,β-unsaturated/α-hetero) is 1. The van der Waals surface area contributed by atoms with Gasteiger partial charge in [-0.15, -0.1) is 0 Å². The molecule has 0 aromatic heterocycles. The fourth-order valence-electron chi connectivity index (χ4n) is 3.50. The molecule has 2 unspecified atom stereocenters. The molecule has 0 spiro atoms. The van der Waals surface area contributed by atoms with Gasteiger partial charge in [0.15, 0.2) is 5.78 Å². The zero-order valence-corrected chi connectivity index (χ0v) is 11.5. The summed E-state index contributed by atoms with van der Waals surface area (Å²) in [5.74, 6) is 0.230. The van der Waals surface area contributed by atoms with Gasteiger partial charge in [-0.05, 0) is 41.3 Å². The molecule has 98 valence electrons. The lowest BCUT2D eigenvalue weighted by atomic mass is 9.67. The van der Waals surface area contributed by atoms with Crippen LogP contribution < -0.4 is 0 Å². The second kappa shape index (κ2) is 3.92. The van der Waals surface area contributed by atoms with Crippen molar-refractivity contribution in [1.29, 1.82) is 0 Å². The molecule has 20 heavy (non-hydrogen) atoms. The summed E-state index contributed by atoms with van der Waals surface area (Å²) in [5, 5.41) is 2.47. The Hall–Kier alpha value is -2.15. The molecular weight excluding hydrogens is 244 g/mol. The Morgan fingerprint density at radius 3 is 2.65 bits per heavy atom. The van der Waals surface area contributed by atoms with Crippen LogP contribution in [0.2, 0.25) is 0 Å². The van der Waals surface area contributed by atoms with Gasteiger partial charge in [0.05, 0.1) is 5.92 Å². The number of carbonyl (C=O) groups excluding carboxylic acids is 1. The molecule has 2 aromatic carbocycles. The molecule has 0 saturated carbocycles. The van der Waals surface area contributed by atoms with Crippen molar-refractivity contribution in [1.82, 2.24) is 0 Å². The maximum Gasteiger partial charge on any atom is 0.154 e. The summed E-state index contributed by atoms with van der Waals surface area (Å²) in [7, 11) is 0.